The number of ether oxygens (including phenoxy) is 3. The van der Waals surface area contributed by atoms with E-state index < -0.39 is 6.04 Å². The Morgan fingerprint density at radius 2 is 1.81 bits per heavy atom. The molecule has 2 N–H and O–H groups in total. The highest BCUT2D eigenvalue weighted by molar-refractivity contribution is 5.75. The van der Waals surface area contributed by atoms with E-state index in [1.54, 1.807) is 14.2 Å². The number of carbonyl (C=O) groups excluding carboxylic acids is 1. The molecule has 1 aromatic carbocycles. The van der Waals surface area contributed by atoms with Crippen molar-refractivity contribution in [2.45, 2.75) is 59.0 Å². The number of nitrogens with two attached hydrogens (primary N) is 1. The average Bonchev–Trinajstić information content (AvgIpc) is 2.75. The van der Waals surface area contributed by atoms with E-state index in [1.165, 1.54) is 11.1 Å². The zero-order valence-corrected chi connectivity index (χ0v) is 20.0. The van der Waals surface area contributed by atoms with Gasteiger partial charge in [0, 0.05) is 19.1 Å². The molecule has 0 unspecified atom stereocenters. The predicted molar refractivity (Wildman–Crippen MR) is 122 cm³/mol. The number of hydrogen-bond acceptors (Lipinski definition) is 6. The lowest BCUT2D eigenvalue weighted by Gasteiger charge is -2.47. The Kier molecular flexibility index (Phi) is 7.87. The molecule has 0 aromatic heterocycles. The van der Waals surface area contributed by atoms with Gasteiger partial charge in [0.25, 0.3) is 0 Å². The second-order valence-corrected chi connectivity index (χ2v) is 9.95. The minimum absolute atomic E-state index is 0.0773. The maximum atomic E-state index is 12.4. The fourth-order valence-electron chi connectivity index (χ4n) is 5.14. The largest absolute Gasteiger partial charge is 0.493 e. The Bertz CT molecular complexity index is 764. The summed E-state index contributed by atoms with van der Waals surface area (Å²) in [7, 11) is 3.37. The highest BCUT2D eigenvalue weighted by Gasteiger charge is 2.40. The molecular formula is C25H40N2O4. The number of nitrogens with zero attached hydrogens (tertiary/aromatic N) is 1. The van der Waals surface area contributed by atoms with Crippen LogP contribution in [0.25, 0.3) is 0 Å². The molecular weight excluding hydrogens is 392 g/mol. The van der Waals surface area contributed by atoms with Crippen molar-refractivity contribution in [3.8, 4) is 11.5 Å². The molecule has 0 bridgehead atoms. The fourth-order valence-corrected chi connectivity index (χ4v) is 5.14. The number of hydrogen-bond donors (Lipinski definition) is 1. The number of rotatable bonds is 8. The van der Waals surface area contributed by atoms with Crippen molar-refractivity contribution in [3.05, 3.63) is 23.3 Å². The molecule has 0 spiro atoms. The molecule has 2 heterocycles. The summed E-state index contributed by atoms with van der Waals surface area (Å²) in [5.74, 6) is 2.81. The first-order chi connectivity index (χ1) is 14.7. The normalized spacial score (nSPS) is 24.5. The Hall–Kier alpha value is -1.79. The molecule has 0 saturated carbocycles. The Morgan fingerprint density at radius 3 is 2.42 bits per heavy atom. The summed E-state index contributed by atoms with van der Waals surface area (Å²) >= 11 is 0. The molecule has 0 amide bonds. The molecule has 3 rings (SSSR count). The third-order valence-corrected chi connectivity index (χ3v) is 6.98. The summed E-state index contributed by atoms with van der Waals surface area (Å²) in [5, 5.41) is 0. The molecule has 1 fully saturated rings. The number of piperidine rings is 1. The Labute approximate surface area is 187 Å². The standard InChI is InChI=1S/C25H40N2O4/c1-15(2)9-18-13-27-8-7-17-11-22(29-5)23(30-6)12-20(17)21(27)10-19(18)14-31-25(28)24(26)16(3)4/h11-12,15-16,18-19,21,24H,7-10,13-14,26H2,1-6H3/t18-,19+,21-,24+/m1/s1. The van der Waals surface area contributed by atoms with E-state index in [0.29, 0.717) is 30.4 Å². The van der Waals surface area contributed by atoms with Crippen LogP contribution in [0.1, 0.15) is 57.7 Å². The molecule has 2 aliphatic rings. The second-order valence-electron chi connectivity index (χ2n) is 9.95. The van der Waals surface area contributed by atoms with E-state index in [4.69, 9.17) is 19.9 Å². The topological polar surface area (TPSA) is 74.0 Å². The van der Waals surface area contributed by atoms with Gasteiger partial charge in [-0.25, -0.2) is 0 Å². The summed E-state index contributed by atoms with van der Waals surface area (Å²) in [4.78, 5) is 15.0. The van der Waals surface area contributed by atoms with Crippen LogP contribution in [0.4, 0.5) is 0 Å². The first-order valence-electron chi connectivity index (χ1n) is 11.7. The minimum Gasteiger partial charge on any atom is -0.493 e. The molecule has 1 aromatic rings. The Morgan fingerprint density at radius 1 is 1.13 bits per heavy atom. The van der Waals surface area contributed by atoms with Crippen LogP contribution < -0.4 is 15.2 Å². The lowest BCUT2D eigenvalue weighted by Crippen LogP contribution is -2.48. The van der Waals surface area contributed by atoms with E-state index in [1.807, 2.05) is 13.8 Å². The SMILES string of the molecule is COc1cc2c(cc1OC)[C@H]1C[C@@H](COC(=O)[C@@H](N)C(C)C)[C@H](CC(C)C)CN1CC2. The van der Waals surface area contributed by atoms with Crippen molar-refractivity contribution in [2.24, 2.45) is 29.4 Å². The molecule has 174 valence electrons. The second kappa shape index (κ2) is 10.2. The number of carbonyl (C=O) groups is 1. The molecule has 0 aliphatic carbocycles. The molecule has 31 heavy (non-hydrogen) atoms. The number of methoxy groups -OCH3 is 2. The van der Waals surface area contributed by atoms with E-state index >= 15 is 0 Å². The van der Waals surface area contributed by atoms with Crippen LogP contribution in [-0.4, -0.2) is 50.8 Å². The van der Waals surface area contributed by atoms with Crippen molar-refractivity contribution in [3.63, 3.8) is 0 Å². The average molecular weight is 433 g/mol. The van der Waals surface area contributed by atoms with Crippen LogP contribution in [0.3, 0.4) is 0 Å². The maximum Gasteiger partial charge on any atom is 0.323 e. The molecule has 6 heteroatoms. The van der Waals surface area contributed by atoms with Gasteiger partial charge in [0.05, 0.1) is 20.8 Å². The van der Waals surface area contributed by atoms with Crippen LogP contribution in [0.2, 0.25) is 0 Å². The zero-order chi connectivity index (χ0) is 22.7. The van der Waals surface area contributed by atoms with Gasteiger partial charge in [-0.2, -0.15) is 0 Å². The smallest absolute Gasteiger partial charge is 0.323 e. The van der Waals surface area contributed by atoms with Crippen LogP contribution in [0.5, 0.6) is 11.5 Å². The highest BCUT2D eigenvalue weighted by atomic mass is 16.5. The van der Waals surface area contributed by atoms with Crippen LogP contribution in [0.15, 0.2) is 12.1 Å². The third-order valence-electron chi connectivity index (χ3n) is 6.98. The monoisotopic (exact) mass is 432 g/mol. The van der Waals surface area contributed by atoms with Gasteiger partial charge in [0.1, 0.15) is 6.04 Å². The summed E-state index contributed by atoms with van der Waals surface area (Å²) in [6.07, 6.45) is 3.13. The summed E-state index contributed by atoms with van der Waals surface area (Å²) < 4.78 is 16.8. The summed E-state index contributed by atoms with van der Waals surface area (Å²) in [5.41, 5.74) is 8.66. The quantitative estimate of drug-likeness (QED) is 0.630. The molecule has 2 aliphatic heterocycles. The van der Waals surface area contributed by atoms with E-state index in [0.717, 1.165) is 43.9 Å². The van der Waals surface area contributed by atoms with Gasteiger partial charge in [-0.3, -0.25) is 9.69 Å². The minimum atomic E-state index is -0.559. The van der Waals surface area contributed by atoms with Gasteiger partial charge in [-0.15, -0.1) is 0 Å². The summed E-state index contributed by atoms with van der Waals surface area (Å²) in [6, 6.07) is 4.03. The lowest BCUT2D eigenvalue weighted by molar-refractivity contribution is -0.149. The molecule has 1 saturated heterocycles. The Balaban J connectivity index is 1.82. The lowest BCUT2D eigenvalue weighted by atomic mass is 9.74. The third kappa shape index (κ3) is 5.35. The van der Waals surface area contributed by atoms with Crippen molar-refractivity contribution < 1.29 is 19.0 Å². The van der Waals surface area contributed by atoms with Crippen LogP contribution in [0, 0.1) is 23.7 Å². The van der Waals surface area contributed by atoms with Gasteiger partial charge in [0.15, 0.2) is 11.5 Å². The fraction of sp³-hybridized carbons (Fsp3) is 0.720. The number of esters is 1. The van der Waals surface area contributed by atoms with Crippen molar-refractivity contribution in [2.75, 3.05) is 33.9 Å². The van der Waals surface area contributed by atoms with Gasteiger partial charge in [0.2, 0.25) is 0 Å². The first kappa shape index (κ1) is 23.9. The highest BCUT2D eigenvalue weighted by Crippen LogP contribution is 2.45. The van der Waals surface area contributed by atoms with E-state index in [2.05, 4.69) is 30.9 Å². The zero-order valence-electron chi connectivity index (χ0n) is 20.0. The van der Waals surface area contributed by atoms with Gasteiger partial charge >= 0.3 is 5.97 Å². The van der Waals surface area contributed by atoms with Crippen molar-refractivity contribution >= 4 is 5.97 Å². The van der Waals surface area contributed by atoms with Gasteiger partial charge in [-0.05, 0) is 66.2 Å². The number of fused-ring (bicyclic) bond motifs is 3. The van der Waals surface area contributed by atoms with E-state index in [9.17, 15) is 4.79 Å². The van der Waals surface area contributed by atoms with Crippen LogP contribution in [-0.2, 0) is 16.0 Å². The van der Waals surface area contributed by atoms with Crippen molar-refractivity contribution in [1.29, 1.82) is 0 Å². The molecule has 4 atom stereocenters. The first-order valence-corrected chi connectivity index (χ1v) is 11.7. The van der Waals surface area contributed by atoms with Crippen LogP contribution >= 0.6 is 0 Å². The van der Waals surface area contributed by atoms with E-state index in [-0.39, 0.29) is 11.9 Å². The molecule has 6 nitrogen and oxygen atoms in total. The number of benzene rings is 1. The molecule has 0 radical (unpaired) electrons. The predicted octanol–water partition coefficient (Wildman–Crippen LogP) is 3.81. The van der Waals surface area contributed by atoms with Crippen molar-refractivity contribution in [1.82, 2.24) is 4.90 Å². The van der Waals surface area contributed by atoms with Gasteiger partial charge in [-0.1, -0.05) is 27.7 Å². The summed E-state index contributed by atoms with van der Waals surface area (Å²) in [6.45, 7) is 11.0. The maximum absolute atomic E-state index is 12.4. The van der Waals surface area contributed by atoms with Gasteiger partial charge < -0.3 is 19.9 Å².